The molecule has 32 heavy (non-hydrogen) atoms. The van der Waals surface area contributed by atoms with Gasteiger partial charge in [-0.1, -0.05) is 19.1 Å². The molecule has 1 aliphatic rings. The van der Waals surface area contributed by atoms with Crippen molar-refractivity contribution < 1.29 is 19.1 Å². The Hall–Kier alpha value is -3.55. The lowest BCUT2D eigenvalue weighted by Gasteiger charge is -2.25. The molecule has 0 aromatic heterocycles. The van der Waals surface area contributed by atoms with Gasteiger partial charge < -0.3 is 19.7 Å². The van der Waals surface area contributed by atoms with E-state index in [1.807, 2.05) is 55.5 Å². The molecule has 0 aliphatic carbocycles. The second-order valence-electron chi connectivity index (χ2n) is 7.59. The van der Waals surface area contributed by atoms with Crippen molar-refractivity contribution in [1.29, 1.82) is 0 Å². The maximum atomic E-state index is 13.2. The van der Waals surface area contributed by atoms with E-state index in [0.717, 1.165) is 34.8 Å². The van der Waals surface area contributed by atoms with Gasteiger partial charge in [0.15, 0.2) is 0 Å². The minimum absolute atomic E-state index is 0.0679. The van der Waals surface area contributed by atoms with Crippen LogP contribution in [0.4, 0.5) is 4.79 Å². The van der Waals surface area contributed by atoms with Gasteiger partial charge in [0.25, 0.3) is 5.91 Å². The number of urea groups is 1. The number of methoxy groups -OCH3 is 2. The summed E-state index contributed by atoms with van der Waals surface area (Å²) in [6, 6.07) is 14.7. The van der Waals surface area contributed by atoms with Gasteiger partial charge in [0.2, 0.25) is 0 Å². The van der Waals surface area contributed by atoms with Crippen molar-refractivity contribution in [3.8, 4) is 11.5 Å². The number of benzene rings is 2. The maximum Gasteiger partial charge on any atom is 0.317 e. The topological polar surface area (TPSA) is 83.5 Å². The second-order valence-corrected chi connectivity index (χ2v) is 7.59. The molecular weight excluding hydrogens is 408 g/mol. The van der Waals surface area contributed by atoms with E-state index in [2.05, 4.69) is 10.4 Å². The van der Waals surface area contributed by atoms with Gasteiger partial charge in [-0.15, -0.1) is 0 Å². The number of amides is 3. The second kappa shape index (κ2) is 10.7. The maximum absolute atomic E-state index is 13.2. The van der Waals surface area contributed by atoms with E-state index in [1.165, 1.54) is 9.91 Å². The normalized spacial score (nSPS) is 15.2. The Morgan fingerprint density at radius 2 is 1.66 bits per heavy atom. The van der Waals surface area contributed by atoms with Crippen LogP contribution in [0.1, 0.15) is 36.9 Å². The summed E-state index contributed by atoms with van der Waals surface area (Å²) in [5.74, 6) is 1.25. The Labute approximate surface area is 188 Å². The van der Waals surface area contributed by atoms with Gasteiger partial charge in [-0.2, -0.15) is 5.10 Å². The number of nitrogens with zero attached hydrogens (tertiary/aromatic N) is 3. The summed E-state index contributed by atoms with van der Waals surface area (Å²) in [5.41, 5.74) is 2.68. The Morgan fingerprint density at radius 1 is 1.06 bits per heavy atom. The number of nitrogens with one attached hydrogen (secondary N) is 1. The Balaban J connectivity index is 1.84. The lowest BCUT2D eigenvalue weighted by Crippen LogP contribution is -2.43. The molecule has 8 heteroatoms. The van der Waals surface area contributed by atoms with Gasteiger partial charge in [0, 0.05) is 20.0 Å². The number of hydrazone groups is 1. The highest BCUT2D eigenvalue weighted by molar-refractivity contribution is 6.03. The number of rotatable bonds is 8. The van der Waals surface area contributed by atoms with Crippen molar-refractivity contribution in [2.75, 3.05) is 34.4 Å². The minimum Gasteiger partial charge on any atom is -0.497 e. The number of carbonyl (C=O) groups is 2. The number of carbonyl (C=O) groups excluding carboxylic acids is 2. The number of ether oxygens (including phenoxy) is 2. The monoisotopic (exact) mass is 438 g/mol. The van der Waals surface area contributed by atoms with E-state index in [1.54, 1.807) is 21.3 Å². The first-order valence-corrected chi connectivity index (χ1v) is 10.6. The fourth-order valence-electron chi connectivity index (χ4n) is 3.50. The third kappa shape index (κ3) is 5.38. The molecule has 0 saturated heterocycles. The van der Waals surface area contributed by atoms with E-state index in [0.29, 0.717) is 13.0 Å². The standard InChI is InChI=1S/C24H30N4O4/c1-5-14-25-24(30)27(2)16-23(29)28-22(18-8-12-20(32-4)13-9-18)15-21(26-28)17-6-10-19(31-3)11-7-17/h6-13,22H,5,14-16H2,1-4H3,(H,25,30)/t22-/m0/s1. The average molecular weight is 439 g/mol. The Morgan fingerprint density at radius 3 is 2.22 bits per heavy atom. The Kier molecular flexibility index (Phi) is 7.70. The summed E-state index contributed by atoms with van der Waals surface area (Å²) in [6.07, 6.45) is 1.39. The predicted molar refractivity (Wildman–Crippen MR) is 123 cm³/mol. The van der Waals surface area contributed by atoms with Gasteiger partial charge in [-0.3, -0.25) is 4.79 Å². The van der Waals surface area contributed by atoms with Crippen molar-refractivity contribution in [3.05, 3.63) is 59.7 Å². The molecular formula is C24H30N4O4. The van der Waals surface area contributed by atoms with E-state index >= 15 is 0 Å². The molecule has 1 atom stereocenters. The third-order valence-corrected chi connectivity index (χ3v) is 5.34. The zero-order chi connectivity index (χ0) is 23.1. The van der Waals surface area contributed by atoms with Crippen LogP contribution in [-0.4, -0.2) is 61.9 Å². The highest BCUT2D eigenvalue weighted by atomic mass is 16.5. The van der Waals surface area contributed by atoms with Crippen LogP contribution < -0.4 is 14.8 Å². The van der Waals surface area contributed by atoms with Gasteiger partial charge in [-0.05, 0) is 53.9 Å². The zero-order valence-corrected chi connectivity index (χ0v) is 19.0. The average Bonchev–Trinajstić information content (AvgIpc) is 3.28. The molecule has 1 heterocycles. The van der Waals surface area contributed by atoms with Crippen molar-refractivity contribution in [1.82, 2.24) is 15.2 Å². The molecule has 2 aromatic carbocycles. The quantitative estimate of drug-likeness (QED) is 0.684. The van der Waals surface area contributed by atoms with Crippen molar-refractivity contribution in [3.63, 3.8) is 0 Å². The van der Waals surface area contributed by atoms with Crippen molar-refractivity contribution >= 4 is 17.6 Å². The zero-order valence-electron chi connectivity index (χ0n) is 19.0. The van der Waals surface area contributed by atoms with Crippen LogP contribution in [0.3, 0.4) is 0 Å². The summed E-state index contributed by atoms with van der Waals surface area (Å²) in [4.78, 5) is 26.8. The van der Waals surface area contributed by atoms with Crippen molar-refractivity contribution in [2.24, 2.45) is 5.10 Å². The Bertz CT molecular complexity index is 957. The highest BCUT2D eigenvalue weighted by Gasteiger charge is 2.34. The van der Waals surface area contributed by atoms with Crippen LogP contribution in [0.2, 0.25) is 0 Å². The molecule has 8 nitrogen and oxygen atoms in total. The summed E-state index contributed by atoms with van der Waals surface area (Å²) < 4.78 is 10.5. The van der Waals surface area contributed by atoms with Crippen LogP contribution in [-0.2, 0) is 4.79 Å². The molecule has 0 saturated carbocycles. The minimum atomic E-state index is -0.278. The number of hydrogen-bond donors (Lipinski definition) is 1. The molecule has 1 N–H and O–H groups in total. The number of hydrogen-bond acceptors (Lipinski definition) is 5. The van der Waals surface area contributed by atoms with Crippen LogP contribution in [0.25, 0.3) is 0 Å². The summed E-state index contributed by atoms with van der Waals surface area (Å²) in [5, 5.41) is 8.93. The molecule has 0 fully saturated rings. The molecule has 3 rings (SSSR count). The number of likely N-dealkylation sites (N-methyl/N-ethyl adjacent to an activating group) is 1. The first-order valence-electron chi connectivity index (χ1n) is 10.6. The van der Waals surface area contributed by atoms with Gasteiger partial charge in [0.1, 0.15) is 18.0 Å². The molecule has 0 bridgehead atoms. The largest absolute Gasteiger partial charge is 0.497 e. The van der Waals surface area contributed by atoms with E-state index in [9.17, 15) is 9.59 Å². The van der Waals surface area contributed by atoms with Crippen LogP contribution in [0, 0.1) is 0 Å². The molecule has 3 amide bonds. The first kappa shape index (κ1) is 23.1. The summed E-state index contributed by atoms with van der Waals surface area (Å²) >= 11 is 0. The molecule has 0 radical (unpaired) electrons. The van der Waals surface area contributed by atoms with Gasteiger partial charge in [0.05, 0.1) is 26.0 Å². The molecule has 2 aromatic rings. The van der Waals surface area contributed by atoms with Gasteiger partial charge >= 0.3 is 6.03 Å². The predicted octanol–water partition coefficient (Wildman–Crippen LogP) is 3.43. The molecule has 0 spiro atoms. The van der Waals surface area contributed by atoms with Crippen LogP contribution in [0.15, 0.2) is 53.6 Å². The smallest absolute Gasteiger partial charge is 0.317 e. The fourth-order valence-corrected chi connectivity index (χ4v) is 3.50. The highest BCUT2D eigenvalue weighted by Crippen LogP contribution is 2.34. The first-order chi connectivity index (χ1) is 15.5. The van der Waals surface area contributed by atoms with Crippen LogP contribution >= 0.6 is 0 Å². The van der Waals surface area contributed by atoms with Crippen LogP contribution in [0.5, 0.6) is 11.5 Å². The molecule has 0 unspecified atom stereocenters. The van der Waals surface area contributed by atoms with E-state index in [4.69, 9.17) is 9.47 Å². The van der Waals surface area contributed by atoms with Gasteiger partial charge in [-0.25, -0.2) is 9.80 Å². The molecule has 170 valence electrons. The van der Waals surface area contributed by atoms with Crippen molar-refractivity contribution in [2.45, 2.75) is 25.8 Å². The molecule has 1 aliphatic heterocycles. The lowest BCUT2D eigenvalue weighted by atomic mass is 9.98. The summed E-state index contributed by atoms with van der Waals surface area (Å²) in [7, 11) is 4.84. The SMILES string of the molecule is CCCNC(=O)N(C)CC(=O)N1N=C(c2ccc(OC)cc2)C[C@H]1c1ccc(OC)cc1. The third-order valence-electron chi connectivity index (χ3n) is 5.34. The lowest BCUT2D eigenvalue weighted by molar-refractivity contribution is -0.133. The van der Waals surface area contributed by atoms with E-state index in [-0.39, 0.29) is 24.5 Å². The summed E-state index contributed by atoms with van der Waals surface area (Å²) in [6.45, 7) is 2.47. The van der Waals surface area contributed by atoms with E-state index < -0.39 is 0 Å². The fraction of sp³-hybridized carbons (Fsp3) is 0.375.